The van der Waals surface area contributed by atoms with Gasteiger partial charge in [-0.05, 0) is 42.5 Å². The minimum absolute atomic E-state index is 0.00856. The molecule has 0 unspecified atom stereocenters. The predicted molar refractivity (Wildman–Crippen MR) is 132 cm³/mol. The van der Waals surface area contributed by atoms with E-state index in [1.807, 2.05) is 6.07 Å². The molecule has 38 heavy (non-hydrogen) atoms. The standard InChI is InChI=1S/C26H17F4N5O2S/c27-18-9-11-19(12-10-18)31-24(36)21-14-37-22(32-21)15-38-25-34-33-23(16-5-2-1-3-6-16)35(25)20-8-4-7-17(13-20)26(28,29)30/h1-14H,15H2,(H,31,36). The van der Waals surface area contributed by atoms with Gasteiger partial charge in [0.25, 0.3) is 5.91 Å². The summed E-state index contributed by atoms with van der Waals surface area (Å²) in [6, 6.07) is 19.1. The summed E-state index contributed by atoms with van der Waals surface area (Å²) in [7, 11) is 0. The van der Waals surface area contributed by atoms with Gasteiger partial charge in [0.05, 0.1) is 17.0 Å². The number of rotatable bonds is 7. The Balaban J connectivity index is 1.39. The van der Waals surface area contributed by atoms with E-state index in [1.165, 1.54) is 47.2 Å². The second-order valence-corrected chi connectivity index (χ2v) is 8.87. The lowest BCUT2D eigenvalue weighted by Crippen LogP contribution is -2.12. The Morgan fingerprint density at radius 1 is 0.974 bits per heavy atom. The molecule has 1 amide bonds. The van der Waals surface area contributed by atoms with Crippen LogP contribution in [0.3, 0.4) is 0 Å². The molecule has 0 aliphatic rings. The molecule has 2 aromatic heterocycles. The van der Waals surface area contributed by atoms with E-state index in [-0.39, 0.29) is 23.0 Å². The highest BCUT2D eigenvalue weighted by atomic mass is 32.2. The predicted octanol–water partition coefficient (Wildman–Crippen LogP) is 6.62. The van der Waals surface area contributed by atoms with Gasteiger partial charge in [-0.1, -0.05) is 48.2 Å². The third-order valence-corrected chi connectivity index (χ3v) is 6.22. The molecule has 192 valence electrons. The molecule has 5 aromatic rings. The first-order chi connectivity index (χ1) is 18.3. The average Bonchev–Trinajstić information content (AvgIpc) is 3.56. The first kappa shape index (κ1) is 25.2. The summed E-state index contributed by atoms with van der Waals surface area (Å²) in [5.41, 5.74) is 0.494. The van der Waals surface area contributed by atoms with Gasteiger partial charge in [0.2, 0.25) is 5.89 Å². The second-order valence-electron chi connectivity index (χ2n) is 7.93. The Morgan fingerprint density at radius 3 is 2.47 bits per heavy atom. The van der Waals surface area contributed by atoms with E-state index in [9.17, 15) is 22.4 Å². The summed E-state index contributed by atoms with van der Waals surface area (Å²) >= 11 is 1.13. The number of carbonyl (C=O) groups excluding carboxylic acids is 1. The number of carbonyl (C=O) groups is 1. The van der Waals surface area contributed by atoms with Gasteiger partial charge in [-0.2, -0.15) is 13.2 Å². The topological polar surface area (TPSA) is 85.8 Å². The molecule has 7 nitrogen and oxygen atoms in total. The van der Waals surface area contributed by atoms with Crippen LogP contribution in [0.1, 0.15) is 21.9 Å². The molecule has 0 atom stereocenters. The molecule has 2 heterocycles. The number of oxazole rings is 1. The number of aromatic nitrogens is 4. The van der Waals surface area contributed by atoms with Gasteiger partial charge in [-0.25, -0.2) is 9.37 Å². The highest BCUT2D eigenvalue weighted by Gasteiger charge is 2.31. The van der Waals surface area contributed by atoms with E-state index in [1.54, 1.807) is 24.3 Å². The monoisotopic (exact) mass is 539 g/mol. The van der Waals surface area contributed by atoms with Crippen molar-refractivity contribution < 1.29 is 26.8 Å². The third-order valence-electron chi connectivity index (χ3n) is 5.31. The summed E-state index contributed by atoms with van der Waals surface area (Å²) in [6.07, 6.45) is -3.34. The van der Waals surface area contributed by atoms with Gasteiger partial charge in [-0.3, -0.25) is 9.36 Å². The van der Waals surface area contributed by atoms with Crippen molar-refractivity contribution in [2.24, 2.45) is 0 Å². The first-order valence-corrected chi connectivity index (χ1v) is 12.1. The first-order valence-electron chi connectivity index (χ1n) is 11.1. The maximum atomic E-state index is 13.4. The van der Waals surface area contributed by atoms with Gasteiger partial charge in [0, 0.05) is 11.3 Å². The van der Waals surface area contributed by atoms with E-state index >= 15 is 0 Å². The molecule has 0 saturated heterocycles. The largest absolute Gasteiger partial charge is 0.447 e. The Hall–Kier alpha value is -4.45. The van der Waals surface area contributed by atoms with Crippen LogP contribution in [0.25, 0.3) is 17.1 Å². The summed E-state index contributed by atoms with van der Waals surface area (Å²) in [6.45, 7) is 0. The van der Waals surface area contributed by atoms with Crippen molar-refractivity contribution in [1.29, 1.82) is 0 Å². The molecule has 0 aliphatic carbocycles. The van der Waals surface area contributed by atoms with Crippen molar-refractivity contribution in [2.75, 3.05) is 5.32 Å². The number of halogens is 4. The second kappa shape index (κ2) is 10.5. The van der Waals surface area contributed by atoms with Crippen molar-refractivity contribution in [2.45, 2.75) is 17.1 Å². The van der Waals surface area contributed by atoms with Gasteiger partial charge >= 0.3 is 6.18 Å². The average molecular weight is 540 g/mol. The van der Waals surface area contributed by atoms with Crippen LogP contribution in [-0.2, 0) is 11.9 Å². The highest BCUT2D eigenvalue weighted by Crippen LogP contribution is 2.34. The number of hydrogen-bond acceptors (Lipinski definition) is 6. The molecule has 0 spiro atoms. The molecule has 1 N–H and O–H groups in total. The number of anilines is 1. The zero-order valence-corrected chi connectivity index (χ0v) is 20.1. The van der Waals surface area contributed by atoms with Crippen molar-refractivity contribution in [3.05, 3.63) is 108 Å². The lowest BCUT2D eigenvalue weighted by atomic mass is 10.1. The Kier molecular flexibility index (Phi) is 6.97. The maximum absolute atomic E-state index is 13.4. The summed E-state index contributed by atoms with van der Waals surface area (Å²) in [4.78, 5) is 16.6. The number of nitrogens with zero attached hydrogens (tertiary/aromatic N) is 4. The van der Waals surface area contributed by atoms with E-state index in [4.69, 9.17) is 4.42 Å². The molecule has 0 saturated carbocycles. The molecular weight excluding hydrogens is 522 g/mol. The van der Waals surface area contributed by atoms with E-state index in [0.29, 0.717) is 22.2 Å². The molecule has 0 fully saturated rings. The number of amides is 1. The van der Waals surface area contributed by atoms with Gasteiger partial charge in [0.15, 0.2) is 16.7 Å². The molecular formula is C26H17F4N5O2S. The molecule has 3 aromatic carbocycles. The van der Waals surface area contributed by atoms with Crippen LogP contribution in [0.5, 0.6) is 0 Å². The zero-order chi connectivity index (χ0) is 26.7. The Labute approximate surface area is 217 Å². The van der Waals surface area contributed by atoms with Crippen molar-refractivity contribution in [1.82, 2.24) is 19.7 Å². The van der Waals surface area contributed by atoms with Gasteiger partial charge in [0.1, 0.15) is 12.1 Å². The van der Waals surface area contributed by atoms with E-state index in [0.717, 1.165) is 23.9 Å². The van der Waals surface area contributed by atoms with Crippen LogP contribution in [0.15, 0.2) is 94.7 Å². The minimum Gasteiger partial charge on any atom is -0.447 e. The van der Waals surface area contributed by atoms with Crippen molar-refractivity contribution >= 4 is 23.4 Å². The summed E-state index contributed by atoms with van der Waals surface area (Å²) in [5, 5.41) is 11.3. The number of nitrogens with one attached hydrogen (secondary N) is 1. The summed E-state index contributed by atoms with van der Waals surface area (Å²) < 4.78 is 60.2. The van der Waals surface area contributed by atoms with Crippen molar-refractivity contribution in [3.8, 4) is 17.1 Å². The number of thioether (sulfide) groups is 1. The Morgan fingerprint density at radius 2 is 1.74 bits per heavy atom. The van der Waals surface area contributed by atoms with E-state index in [2.05, 4.69) is 20.5 Å². The number of alkyl halides is 3. The minimum atomic E-state index is -4.52. The number of hydrogen-bond donors (Lipinski definition) is 1. The molecule has 12 heteroatoms. The fraction of sp³-hybridized carbons (Fsp3) is 0.0769. The molecule has 0 radical (unpaired) electrons. The van der Waals surface area contributed by atoms with Crippen molar-refractivity contribution in [3.63, 3.8) is 0 Å². The zero-order valence-electron chi connectivity index (χ0n) is 19.3. The Bertz CT molecular complexity index is 1570. The van der Waals surface area contributed by atoms with Crippen LogP contribution in [0, 0.1) is 5.82 Å². The maximum Gasteiger partial charge on any atom is 0.416 e. The number of benzene rings is 3. The van der Waals surface area contributed by atoms with Crippen LogP contribution in [-0.4, -0.2) is 25.7 Å². The highest BCUT2D eigenvalue weighted by molar-refractivity contribution is 7.98. The summed E-state index contributed by atoms with van der Waals surface area (Å²) in [5.74, 6) is -0.305. The lowest BCUT2D eigenvalue weighted by molar-refractivity contribution is -0.137. The molecule has 0 aliphatic heterocycles. The fourth-order valence-corrected chi connectivity index (χ4v) is 4.33. The van der Waals surface area contributed by atoms with Crippen LogP contribution in [0.4, 0.5) is 23.2 Å². The normalized spacial score (nSPS) is 11.5. The molecule has 5 rings (SSSR count). The lowest BCUT2D eigenvalue weighted by Gasteiger charge is -2.13. The SMILES string of the molecule is O=C(Nc1ccc(F)cc1)c1coc(CSc2nnc(-c3ccccc3)n2-c2cccc(C(F)(F)F)c2)n1. The van der Waals surface area contributed by atoms with Crippen LogP contribution >= 0.6 is 11.8 Å². The van der Waals surface area contributed by atoms with Gasteiger partial charge in [-0.15, -0.1) is 10.2 Å². The van der Waals surface area contributed by atoms with Crippen LogP contribution < -0.4 is 5.32 Å². The molecule has 0 bridgehead atoms. The smallest absolute Gasteiger partial charge is 0.416 e. The third kappa shape index (κ3) is 5.59. The quantitative estimate of drug-likeness (QED) is 0.185. The van der Waals surface area contributed by atoms with Crippen LogP contribution in [0.2, 0.25) is 0 Å². The van der Waals surface area contributed by atoms with Gasteiger partial charge < -0.3 is 9.73 Å². The fourth-order valence-electron chi connectivity index (χ4n) is 3.53. The van der Waals surface area contributed by atoms with E-state index < -0.39 is 23.5 Å².